The Morgan fingerprint density at radius 2 is 2.28 bits per heavy atom. The van der Waals surface area contributed by atoms with E-state index < -0.39 is 0 Å². The van der Waals surface area contributed by atoms with Gasteiger partial charge in [-0.1, -0.05) is 0 Å². The average molecular weight is 244 g/mol. The molecule has 18 heavy (non-hydrogen) atoms. The molecule has 0 saturated carbocycles. The van der Waals surface area contributed by atoms with E-state index in [-0.39, 0.29) is 6.10 Å². The summed E-state index contributed by atoms with van der Waals surface area (Å²) >= 11 is 0. The number of aliphatic hydroxyl groups is 1. The van der Waals surface area contributed by atoms with Crippen LogP contribution in [0.2, 0.25) is 0 Å². The zero-order chi connectivity index (χ0) is 12.5. The van der Waals surface area contributed by atoms with E-state index in [0.717, 1.165) is 35.3 Å². The van der Waals surface area contributed by atoms with Gasteiger partial charge in [0.1, 0.15) is 11.6 Å². The molecule has 94 valence electrons. The number of hydrogen-bond acceptors (Lipinski definition) is 4. The number of nitrogens with zero attached hydrogens (tertiary/aromatic N) is 2. The number of fused-ring (bicyclic) bond motifs is 1. The van der Waals surface area contributed by atoms with Crippen LogP contribution in [-0.4, -0.2) is 36.4 Å². The smallest absolute Gasteiger partial charge is 0.136 e. The van der Waals surface area contributed by atoms with E-state index >= 15 is 0 Å². The minimum atomic E-state index is -0.236. The molecule has 1 aromatic heterocycles. The van der Waals surface area contributed by atoms with E-state index in [4.69, 9.17) is 4.74 Å². The second-order valence-corrected chi connectivity index (χ2v) is 4.61. The first-order valence-corrected chi connectivity index (χ1v) is 6.13. The van der Waals surface area contributed by atoms with Gasteiger partial charge in [0.05, 0.1) is 13.2 Å². The molecule has 2 aromatic rings. The van der Waals surface area contributed by atoms with Crippen molar-refractivity contribution >= 4 is 16.6 Å². The Bertz CT molecular complexity index is 571. The maximum Gasteiger partial charge on any atom is 0.136 e. The Hall–Kier alpha value is -1.81. The second kappa shape index (κ2) is 4.46. The molecule has 4 heteroatoms. The van der Waals surface area contributed by atoms with Gasteiger partial charge in [0, 0.05) is 24.7 Å². The Kier molecular flexibility index (Phi) is 2.80. The van der Waals surface area contributed by atoms with Crippen molar-refractivity contribution in [1.29, 1.82) is 0 Å². The molecular weight excluding hydrogens is 228 g/mol. The second-order valence-electron chi connectivity index (χ2n) is 4.61. The van der Waals surface area contributed by atoms with Gasteiger partial charge < -0.3 is 14.7 Å². The van der Waals surface area contributed by atoms with Crippen LogP contribution < -0.4 is 9.64 Å². The number of benzene rings is 1. The fourth-order valence-electron chi connectivity index (χ4n) is 2.45. The molecule has 1 fully saturated rings. The van der Waals surface area contributed by atoms with E-state index in [0.29, 0.717) is 6.54 Å². The Labute approximate surface area is 106 Å². The average Bonchev–Trinajstić information content (AvgIpc) is 2.84. The van der Waals surface area contributed by atoms with Gasteiger partial charge in [-0.15, -0.1) is 0 Å². The fourth-order valence-corrected chi connectivity index (χ4v) is 2.45. The summed E-state index contributed by atoms with van der Waals surface area (Å²) in [5.74, 6) is 1.80. The highest BCUT2D eigenvalue weighted by Gasteiger charge is 2.22. The Morgan fingerprint density at radius 3 is 3.00 bits per heavy atom. The molecule has 3 rings (SSSR count). The molecule has 4 nitrogen and oxygen atoms in total. The van der Waals surface area contributed by atoms with E-state index in [9.17, 15) is 5.11 Å². The van der Waals surface area contributed by atoms with Crippen molar-refractivity contribution in [1.82, 2.24) is 4.98 Å². The zero-order valence-electron chi connectivity index (χ0n) is 10.3. The van der Waals surface area contributed by atoms with Gasteiger partial charge in [0.2, 0.25) is 0 Å². The minimum absolute atomic E-state index is 0.236. The van der Waals surface area contributed by atoms with E-state index in [1.54, 1.807) is 7.11 Å². The standard InChI is InChI=1S/C14H16N2O2/c1-18-12-2-3-13-10(8-12)4-6-15-14(13)16-7-5-11(17)9-16/h2-4,6,8,11,17H,5,7,9H2,1H3/t11-/m1/s1. The predicted octanol–water partition coefficient (Wildman–Crippen LogP) is 1.81. The van der Waals surface area contributed by atoms with Crippen LogP contribution in [0.25, 0.3) is 10.8 Å². The molecule has 0 aliphatic carbocycles. The first kappa shape index (κ1) is 11.3. The molecule has 0 unspecified atom stereocenters. The number of ether oxygens (including phenoxy) is 1. The van der Waals surface area contributed by atoms with Gasteiger partial charge in [0.15, 0.2) is 0 Å². The summed E-state index contributed by atoms with van der Waals surface area (Å²) < 4.78 is 5.23. The third-order valence-corrected chi connectivity index (χ3v) is 3.41. The van der Waals surface area contributed by atoms with Crippen LogP contribution in [-0.2, 0) is 0 Å². The van der Waals surface area contributed by atoms with Crippen molar-refractivity contribution in [3.63, 3.8) is 0 Å². The van der Waals surface area contributed by atoms with E-state index in [2.05, 4.69) is 9.88 Å². The lowest BCUT2D eigenvalue weighted by Crippen LogP contribution is -2.22. The maximum absolute atomic E-state index is 9.63. The van der Waals surface area contributed by atoms with Crippen molar-refractivity contribution in [3.8, 4) is 5.75 Å². The molecule has 2 heterocycles. The molecular formula is C14H16N2O2. The highest BCUT2D eigenvalue weighted by atomic mass is 16.5. The summed E-state index contributed by atoms with van der Waals surface area (Å²) in [5.41, 5.74) is 0. The third kappa shape index (κ3) is 1.88. The number of anilines is 1. The summed E-state index contributed by atoms with van der Waals surface area (Å²) in [6, 6.07) is 7.96. The van der Waals surface area contributed by atoms with Gasteiger partial charge in [-0.3, -0.25) is 0 Å². The summed E-state index contributed by atoms with van der Waals surface area (Å²) in [7, 11) is 1.67. The summed E-state index contributed by atoms with van der Waals surface area (Å²) in [6.45, 7) is 1.53. The van der Waals surface area contributed by atoms with Crippen molar-refractivity contribution in [2.45, 2.75) is 12.5 Å². The molecule has 1 saturated heterocycles. The first-order chi connectivity index (χ1) is 8.78. The lowest BCUT2D eigenvalue weighted by atomic mass is 10.1. The van der Waals surface area contributed by atoms with Crippen LogP contribution in [0.15, 0.2) is 30.5 Å². The van der Waals surface area contributed by atoms with Crippen LogP contribution in [0.1, 0.15) is 6.42 Å². The van der Waals surface area contributed by atoms with Crippen LogP contribution in [0.4, 0.5) is 5.82 Å². The quantitative estimate of drug-likeness (QED) is 0.875. The minimum Gasteiger partial charge on any atom is -0.497 e. The van der Waals surface area contributed by atoms with Gasteiger partial charge >= 0.3 is 0 Å². The molecule has 1 N–H and O–H groups in total. The number of β-amino-alcohol motifs (C(OH)–C–C–N with tert-alkyl or cyclic N) is 1. The van der Waals surface area contributed by atoms with Gasteiger partial charge in [0.25, 0.3) is 0 Å². The van der Waals surface area contributed by atoms with Crippen molar-refractivity contribution in [2.75, 3.05) is 25.1 Å². The molecule has 0 spiro atoms. The molecule has 1 aliphatic heterocycles. The largest absolute Gasteiger partial charge is 0.497 e. The maximum atomic E-state index is 9.63. The van der Waals surface area contributed by atoms with Crippen LogP contribution in [0.3, 0.4) is 0 Å². The molecule has 0 radical (unpaired) electrons. The van der Waals surface area contributed by atoms with Crippen LogP contribution in [0.5, 0.6) is 5.75 Å². The highest BCUT2D eigenvalue weighted by molar-refractivity contribution is 5.93. The van der Waals surface area contributed by atoms with Crippen molar-refractivity contribution < 1.29 is 9.84 Å². The van der Waals surface area contributed by atoms with E-state index in [1.165, 1.54) is 0 Å². The predicted molar refractivity (Wildman–Crippen MR) is 71.1 cm³/mol. The van der Waals surface area contributed by atoms with Gasteiger partial charge in [-0.2, -0.15) is 0 Å². The zero-order valence-corrected chi connectivity index (χ0v) is 10.3. The normalized spacial score (nSPS) is 19.4. The van der Waals surface area contributed by atoms with Gasteiger partial charge in [-0.05, 0) is 36.1 Å². The number of aliphatic hydroxyl groups excluding tert-OH is 1. The lowest BCUT2D eigenvalue weighted by Gasteiger charge is -2.18. The SMILES string of the molecule is COc1ccc2c(N3CC[C@@H](O)C3)nccc2c1. The first-order valence-electron chi connectivity index (χ1n) is 6.13. The Balaban J connectivity index is 2.07. The van der Waals surface area contributed by atoms with Crippen molar-refractivity contribution in [3.05, 3.63) is 30.5 Å². The number of rotatable bonds is 2. The summed E-state index contributed by atoms with van der Waals surface area (Å²) in [4.78, 5) is 6.59. The topological polar surface area (TPSA) is 45.6 Å². The number of aromatic nitrogens is 1. The number of methoxy groups -OCH3 is 1. The third-order valence-electron chi connectivity index (χ3n) is 3.41. The molecule has 1 atom stereocenters. The Morgan fingerprint density at radius 1 is 1.39 bits per heavy atom. The fraction of sp³-hybridized carbons (Fsp3) is 0.357. The lowest BCUT2D eigenvalue weighted by molar-refractivity contribution is 0.198. The summed E-state index contributed by atoms with van der Waals surface area (Å²) in [6.07, 6.45) is 2.39. The van der Waals surface area contributed by atoms with Crippen molar-refractivity contribution in [2.24, 2.45) is 0 Å². The monoisotopic (exact) mass is 244 g/mol. The van der Waals surface area contributed by atoms with Crippen LogP contribution in [0, 0.1) is 0 Å². The summed E-state index contributed by atoms with van der Waals surface area (Å²) in [5, 5.41) is 11.8. The molecule has 1 aromatic carbocycles. The molecule has 1 aliphatic rings. The van der Waals surface area contributed by atoms with E-state index in [1.807, 2.05) is 30.5 Å². The molecule has 0 amide bonds. The number of pyridine rings is 1. The number of hydrogen-bond donors (Lipinski definition) is 1. The van der Waals surface area contributed by atoms with Gasteiger partial charge in [-0.25, -0.2) is 4.98 Å². The molecule has 0 bridgehead atoms. The highest BCUT2D eigenvalue weighted by Crippen LogP contribution is 2.29. The van der Waals surface area contributed by atoms with Crippen LogP contribution >= 0.6 is 0 Å².